The van der Waals surface area contributed by atoms with Gasteiger partial charge in [-0.1, -0.05) is 12.1 Å². The lowest BCUT2D eigenvalue weighted by molar-refractivity contribution is 0.111. The van der Waals surface area contributed by atoms with Crippen molar-refractivity contribution in [3.63, 3.8) is 0 Å². The van der Waals surface area contributed by atoms with Gasteiger partial charge in [-0.15, -0.1) is 0 Å². The van der Waals surface area contributed by atoms with Crippen molar-refractivity contribution in [3.8, 4) is 23.6 Å². The zero-order chi connectivity index (χ0) is 20.6. The van der Waals surface area contributed by atoms with E-state index in [1.807, 2.05) is 6.07 Å². The minimum Gasteiger partial charge on any atom is -0.489 e. The van der Waals surface area contributed by atoms with Crippen LogP contribution >= 0.6 is 0 Å². The number of hydrogen-bond acceptors (Lipinski definition) is 6. The van der Waals surface area contributed by atoms with Crippen LogP contribution in [0.2, 0.25) is 0 Å². The number of aryl methyl sites for hydroxylation is 1. The molecule has 0 saturated carbocycles. The van der Waals surface area contributed by atoms with Crippen LogP contribution in [0.25, 0.3) is 0 Å². The summed E-state index contributed by atoms with van der Waals surface area (Å²) in [5.74, 6) is 0.992. The number of ether oxygens (including phenoxy) is 2. The van der Waals surface area contributed by atoms with E-state index < -0.39 is 0 Å². The highest BCUT2D eigenvalue weighted by molar-refractivity contribution is 5.82. The van der Waals surface area contributed by atoms with E-state index in [0.29, 0.717) is 39.4 Å². The van der Waals surface area contributed by atoms with Crippen LogP contribution in [0.1, 0.15) is 38.3 Å². The Morgan fingerprint density at radius 2 is 1.55 bits per heavy atom. The van der Waals surface area contributed by atoms with Crippen LogP contribution in [0.4, 0.5) is 0 Å². The number of pyridine rings is 1. The molecule has 0 bridgehead atoms. The van der Waals surface area contributed by atoms with Crippen molar-refractivity contribution >= 4 is 6.29 Å². The van der Waals surface area contributed by atoms with Crippen LogP contribution in [-0.4, -0.2) is 11.3 Å². The number of rotatable bonds is 7. The van der Waals surface area contributed by atoms with Gasteiger partial charge in [0.25, 0.3) is 0 Å². The van der Waals surface area contributed by atoms with Crippen molar-refractivity contribution in [1.82, 2.24) is 4.98 Å². The van der Waals surface area contributed by atoms with E-state index in [1.54, 1.807) is 61.7 Å². The molecule has 142 valence electrons. The number of carbonyl (C=O) groups is 1. The summed E-state index contributed by atoms with van der Waals surface area (Å²) in [6.07, 6.45) is 2.33. The van der Waals surface area contributed by atoms with E-state index in [0.717, 1.165) is 11.8 Å². The molecule has 3 rings (SSSR count). The standard InChI is InChI=1S/C23H17N3O3/c1-16-23(29-14-19-4-2-17(10-24)3-5-19)22(13-27)20(12-26-16)15-28-21-8-6-18(11-25)7-9-21/h2-9,12-13H,14-15H2,1H3. The average Bonchev–Trinajstić information content (AvgIpc) is 2.77. The Morgan fingerprint density at radius 1 is 0.931 bits per heavy atom. The highest BCUT2D eigenvalue weighted by Gasteiger charge is 2.14. The number of benzene rings is 2. The fourth-order valence-electron chi connectivity index (χ4n) is 2.69. The Labute approximate surface area is 168 Å². The first kappa shape index (κ1) is 19.6. The van der Waals surface area contributed by atoms with Gasteiger partial charge in [-0.05, 0) is 48.9 Å². The van der Waals surface area contributed by atoms with Crippen LogP contribution in [-0.2, 0) is 13.2 Å². The molecule has 1 heterocycles. The summed E-state index contributed by atoms with van der Waals surface area (Å²) in [4.78, 5) is 16.1. The van der Waals surface area contributed by atoms with Gasteiger partial charge in [-0.25, -0.2) is 0 Å². The first-order valence-corrected chi connectivity index (χ1v) is 8.83. The topological polar surface area (TPSA) is 96.0 Å². The molecule has 0 unspecified atom stereocenters. The predicted molar refractivity (Wildman–Crippen MR) is 105 cm³/mol. The third kappa shape index (κ3) is 4.77. The molecule has 2 aromatic carbocycles. The molecule has 6 heteroatoms. The lowest BCUT2D eigenvalue weighted by Gasteiger charge is -2.15. The number of hydrogen-bond donors (Lipinski definition) is 0. The predicted octanol–water partition coefficient (Wildman–Crippen LogP) is 4.10. The minimum atomic E-state index is 0.139. The SMILES string of the molecule is Cc1ncc(COc2ccc(C#N)cc2)c(C=O)c1OCc1ccc(C#N)cc1. The van der Waals surface area contributed by atoms with E-state index in [2.05, 4.69) is 11.1 Å². The van der Waals surface area contributed by atoms with E-state index >= 15 is 0 Å². The molecule has 0 aliphatic rings. The Bertz CT molecular complexity index is 1090. The second-order valence-electron chi connectivity index (χ2n) is 6.25. The lowest BCUT2D eigenvalue weighted by atomic mass is 10.1. The zero-order valence-electron chi connectivity index (χ0n) is 15.8. The monoisotopic (exact) mass is 383 g/mol. The van der Waals surface area contributed by atoms with Crippen LogP contribution in [0, 0.1) is 29.6 Å². The van der Waals surface area contributed by atoms with E-state index in [4.69, 9.17) is 20.0 Å². The molecule has 0 aliphatic carbocycles. The molecule has 0 N–H and O–H groups in total. The maximum Gasteiger partial charge on any atom is 0.154 e. The van der Waals surface area contributed by atoms with Gasteiger partial charge >= 0.3 is 0 Å². The second kappa shape index (κ2) is 9.16. The normalized spacial score (nSPS) is 9.90. The Balaban J connectivity index is 1.75. The lowest BCUT2D eigenvalue weighted by Crippen LogP contribution is -2.07. The van der Waals surface area contributed by atoms with Gasteiger partial charge in [0.05, 0.1) is 34.5 Å². The van der Waals surface area contributed by atoms with E-state index in [9.17, 15) is 4.79 Å². The van der Waals surface area contributed by atoms with Crippen LogP contribution in [0.15, 0.2) is 54.7 Å². The van der Waals surface area contributed by atoms with Crippen molar-refractivity contribution in [2.45, 2.75) is 20.1 Å². The molecule has 3 aromatic rings. The van der Waals surface area contributed by atoms with Crippen molar-refractivity contribution in [1.29, 1.82) is 10.5 Å². The maximum atomic E-state index is 11.8. The molecule has 0 fully saturated rings. The van der Waals surface area contributed by atoms with Crippen molar-refractivity contribution in [3.05, 3.63) is 88.2 Å². The van der Waals surface area contributed by atoms with Crippen molar-refractivity contribution in [2.24, 2.45) is 0 Å². The summed E-state index contributed by atoms with van der Waals surface area (Å²) in [6, 6.07) is 17.9. The Morgan fingerprint density at radius 3 is 2.14 bits per heavy atom. The van der Waals surface area contributed by atoms with Gasteiger partial charge in [0.15, 0.2) is 12.0 Å². The fraction of sp³-hybridized carbons (Fsp3) is 0.130. The first-order chi connectivity index (χ1) is 14.1. The van der Waals surface area contributed by atoms with Gasteiger partial charge in [0, 0.05) is 11.8 Å². The Hall–Kier alpha value is -4.16. The summed E-state index contributed by atoms with van der Waals surface area (Å²) in [5, 5.41) is 17.7. The summed E-state index contributed by atoms with van der Waals surface area (Å²) in [6.45, 7) is 2.15. The number of nitrogens with zero attached hydrogens (tertiary/aromatic N) is 3. The van der Waals surface area contributed by atoms with Crippen LogP contribution in [0.5, 0.6) is 11.5 Å². The molecule has 0 radical (unpaired) electrons. The molecule has 0 saturated heterocycles. The highest BCUT2D eigenvalue weighted by atomic mass is 16.5. The smallest absolute Gasteiger partial charge is 0.154 e. The molecule has 29 heavy (non-hydrogen) atoms. The molecule has 0 atom stereocenters. The molecular weight excluding hydrogens is 366 g/mol. The van der Waals surface area contributed by atoms with Gasteiger partial charge in [0.2, 0.25) is 0 Å². The molecule has 0 aliphatic heterocycles. The molecule has 6 nitrogen and oxygen atoms in total. The number of aromatic nitrogens is 1. The summed E-state index contributed by atoms with van der Waals surface area (Å²) in [7, 11) is 0. The summed E-state index contributed by atoms with van der Waals surface area (Å²) in [5.41, 5.74) is 3.58. The van der Waals surface area contributed by atoms with Crippen LogP contribution in [0.3, 0.4) is 0 Å². The van der Waals surface area contributed by atoms with Gasteiger partial charge in [-0.3, -0.25) is 9.78 Å². The van der Waals surface area contributed by atoms with E-state index in [1.165, 1.54) is 0 Å². The number of carbonyl (C=O) groups excluding carboxylic acids is 1. The largest absolute Gasteiger partial charge is 0.489 e. The number of nitriles is 2. The van der Waals surface area contributed by atoms with Crippen molar-refractivity contribution < 1.29 is 14.3 Å². The fourth-order valence-corrected chi connectivity index (χ4v) is 2.69. The van der Waals surface area contributed by atoms with Gasteiger partial charge < -0.3 is 9.47 Å². The maximum absolute atomic E-state index is 11.8. The molecular formula is C23H17N3O3. The van der Waals surface area contributed by atoms with E-state index in [-0.39, 0.29) is 13.2 Å². The Kier molecular flexibility index (Phi) is 6.19. The third-order valence-corrected chi connectivity index (χ3v) is 4.30. The van der Waals surface area contributed by atoms with Gasteiger partial charge in [0.1, 0.15) is 19.0 Å². The molecule has 0 spiro atoms. The van der Waals surface area contributed by atoms with Crippen LogP contribution < -0.4 is 9.47 Å². The quantitative estimate of drug-likeness (QED) is 0.570. The minimum absolute atomic E-state index is 0.139. The summed E-state index contributed by atoms with van der Waals surface area (Å²) >= 11 is 0. The number of aldehydes is 1. The second-order valence-corrected chi connectivity index (χ2v) is 6.25. The average molecular weight is 383 g/mol. The van der Waals surface area contributed by atoms with Crippen molar-refractivity contribution in [2.75, 3.05) is 0 Å². The molecule has 0 amide bonds. The van der Waals surface area contributed by atoms with Gasteiger partial charge in [-0.2, -0.15) is 10.5 Å². The zero-order valence-corrected chi connectivity index (χ0v) is 15.8. The first-order valence-electron chi connectivity index (χ1n) is 8.83. The summed E-state index contributed by atoms with van der Waals surface area (Å²) < 4.78 is 11.6. The third-order valence-electron chi connectivity index (χ3n) is 4.30. The molecule has 1 aromatic heterocycles. The highest BCUT2D eigenvalue weighted by Crippen LogP contribution is 2.26.